The fraction of sp³-hybridized carbons (Fsp3) is 0.650. The minimum absolute atomic E-state index is 0. The van der Waals surface area contributed by atoms with Crippen LogP contribution >= 0.6 is 12.4 Å². The lowest BCUT2D eigenvalue weighted by Crippen LogP contribution is -2.61. The SMILES string of the molecule is C[C@H]1OC2(CCN(CCc3cccc(F)c3)CC2)CN(C2CC2)C1=O.Cl. The Kier molecular flexibility index (Phi) is 5.90. The van der Waals surface area contributed by atoms with E-state index >= 15 is 0 Å². The first kappa shape index (κ1) is 19.6. The number of piperidine rings is 1. The highest BCUT2D eigenvalue weighted by Crippen LogP contribution is 2.38. The number of hydrogen-bond acceptors (Lipinski definition) is 3. The third-order valence-electron chi connectivity index (χ3n) is 5.88. The van der Waals surface area contributed by atoms with E-state index in [1.165, 1.54) is 6.07 Å². The van der Waals surface area contributed by atoms with Gasteiger partial charge in [-0.1, -0.05) is 12.1 Å². The number of halogens is 2. The second kappa shape index (κ2) is 7.83. The molecule has 2 aliphatic heterocycles. The van der Waals surface area contributed by atoms with Crippen LogP contribution in [-0.2, 0) is 16.0 Å². The predicted octanol–water partition coefficient (Wildman–Crippen LogP) is 3.03. The van der Waals surface area contributed by atoms with Gasteiger partial charge in [-0.2, -0.15) is 0 Å². The quantitative estimate of drug-likeness (QED) is 0.802. The van der Waals surface area contributed by atoms with Gasteiger partial charge in [0, 0.05) is 25.7 Å². The molecule has 1 amide bonds. The summed E-state index contributed by atoms with van der Waals surface area (Å²) in [5.41, 5.74) is 0.888. The van der Waals surface area contributed by atoms with E-state index in [0.717, 1.165) is 63.8 Å². The largest absolute Gasteiger partial charge is 0.360 e. The number of carbonyl (C=O) groups is 1. The summed E-state index contributed by atoms with van der Waals surface area (Å²) in [6, 6.07) is 7.33. The van der Waals surface area contributed by atoms with Crippen LogP contribution in [0.5, 0.6) is 0 Å². The van der Waals surface area contributed by atoms with Crippen LogP contribution in [0.1, 0.15) is 38.2 Å². The number of benzene rings is 1. The fourth-order valence-electron chi connectivity index (χ4n) is 4.22. The summed E-state index contributed by atoms with van der Waals surface area (Å²) >= 11 is 0. The van der Waals surface area contributed by atoms with E-state index in [9.17, 15) is 9.18 Å². The minimum Gasteiger partial charge on any atom is -0.360 e. The van der Waals surface area contributed by atoms with E-state index in [0.29, 0.717) is 6.04 Å². The maximum atomic E-state index is 13.3. The van der Waals surface area contributed by atoms with Gasteiger partial charge in [-0.15, -0.1) is 12.4 Å². The molecule has 0 N–H and O–H groups in total. The first-order valence-corrected chi connectivity index (χ1v) is 9.50. The highest BCUT2D eigenvalue weighted by Gasteiger charge is 2.48. The second-order valence-electron chi connectivity index (χ2n) is 7.86. The number of likely N-dealkylation sites (tertiary alicyclic amines) is 1. The molecule has 1 aromatic rings. The Balaban J connectivity index is 0.00000196. The molecule has 2 saturated heterocycles. The van der Waals surface area contributed by atoms with Gasteiger partial charge in [-0.25, -0.2) is 4.39 Å². The maximum absolute atomic E-state index is 13.3. The number of carbonyl (C=O) groups excluding carboxylic acids is 1. The first-order chi connectivity index (χ1) is 12.0. The van der Waals surface area contributed by atoms with Gasteiger partial charge in [-0.3, -0.25) is 4.79 Å². The van der Waals surface area contributed by atoms with Crippen molar-refractivity contribution in [3.8, 4) is 0 Å². The van der Waals surface area contributed by atoms with Gasteiger partial charge in [0.1, 0.15) is 11.9 Å². The third kappa shape index (κ3) is 4.21. The summed E-state index contributed by atoms with van der Waals surface area (Å²) in [5.74, 6) is 0.00573. The summed E-state index contributed by atoms with van der Waals surface area (Å²) in [7, 11) is 0. The zero-order chi connectivity index (χ0) is 17.4. The predicted molar refractivity (Wildman–Crippen MR) is 101 cm³/mol. The topological polar surface area (TPSA) is 32.8 Å². The van der Waals surface area contributed by atoms with Crippen molar-refractivity contribution < 1.29 is 13.9 Å². The molecule has 0 unspecified atom stereocenters. The molecule has 144 valence electrons. The number of hydrogen-bond donors (Lipinski definition) is 0. The van der Waals surface area contributed by atoms with Crippen LogP contribution in [0.4, 0.5) is 4.39 Å². The van der Waals surface area contributed by atoms with E-state index in [4.69, 9.17) is 4.74 Å². The Morgan fingerprint density at radius 1 is 1.27 bits per heavy atom. The number of rotatable bonds is 4. The van der Waals surface area contributed by atoms with Crippen LogP contribution in [-0.4, -0.2) is 59.6 Å². The molecule has 1 aromatic carbocycles. The molecule has 26 heavy (non-hydrogen) atoms. The summed E-state index contributed by atoms with van der Waals surface area (Å²) < 4.78 is 19.5. The molecule has 4 rings (SSSR count). The maximum Gasteiger partial charge on any atom is 0.251 e. The molecule has 3 fully saturated rings. The Labute approximate surface area is 161 Å². The van der Waals surface area contributed by atoms with Crippen molar-refractivity contribution in [2.45, 2.75) is 56.8 Å². The molecule has 1 spiro atoms. The Morgan fingerprint density at radius 2 is 2.00 bits per heavy atom. The molecule has 1 saturated carbocycles. The van der Waals surface area contributed by atoms with Crippen molar-refractivity contribution in [3.05, 3.63) is 35.6 Å². The minimum atomic E-state index is -0.312. The van der Waals surface area contributed by atoms with Crippen LogP contribution in [0, 0.1) is 5.82 Å². The normalized spacial score (nSPS) is 26.0. The first-order valence-electron chi connectivity index (χ1n) is 9.50. The molecular weight excluding hydrogens is 355 g/mol. The summed E-state index contributed by atoms with van der Waals surface area (Å²) in [6.45, 7) is 5.57. The summed E-state index contributed by atoms with van der Waals surface area (Å²) in [4.78, 5) is 16.9. The van der Waals surface area contributed by atoms with Gasteiger partial charge < -0.3 is 14.5 Å². The second-order valence-corrected chi connectivity index (χ2v) is 7.86. The molecule has 3 aliphatic rings. The van der Waals surface area contributed by atoms with E-state index in [1.807, 2.05) is 13.0 Å². The van der Waals surface area contributed by atoms with Crippen molar-refractivity contribution in [3.63, 3.8) is 0 Å². The third-order valence-corrected chi connectivity index (χ3v) is 5.88. The van der Waals surface area contributed by atoms with Gasteiger partial charge in [0.05, 0.1) is 12.1 Å². The molecule has 0 radical (unpaired) electrons. The van der Waals surface area contributed by atoms with Crippen LogP contribution in [0.25, 0.3) is 0 Å². The van der Waals surface area contributed by atoms with Crippen molar-refractivity contribution in [2.24, 2.45) is 0 Å². The molecule has 6 heteroatoms. The number of morpholine rings is 1. The molecule has 2 heterocycles. The van der Waals surface area contributed by atoms with Gasteiger partial charge in [0.15, 0.2) is 0 Å². The zero-order valence-corrected chi connectivity index (χ0v) is 16.1. The van der Waals surface area contributed by atoms with Gasteiger partial charge in [0.2, 0.25) is 0 Å². The highest BCUT2D eigenvalue weighted by atomic mass is 35.5. The molecule has 1 atom stereocenters. The lowest BCUT2D eigenvalue weighted by atomic mass is 9.88. The zero-order valence-electron chi connectivity index (χ0n) is 15.3. The number of ether oxygens (including phenoxy) is 1. The van der Waals surface area contributed by atoms with E-state index in [2.05, 4.69) is 9.80 Å². The monoisotopic (exact) mass is 382 g/mol. The lowest BCUT2D eigenvalue weighted by molar-refractivity contribution is -0.190. The summed E-state index contributed by atoms with van der Waals surface area (Å²) in [5, 5.41) is 0. The molecule has 4 nitrogen and oxygen atoms in total. The Morgan fingerprint density at radius 3 is 2.65 bits per heavy atom. The van der Waals surface area contributed by atoms with E-state index in [-0.39, 0.29) is 35.8 Å². The van der Waals surface area contributed by atoms with Crippen LogP contribution in [0.2, 0.25) is 0 Å². The molecule has 0 bridgehead atoms. The molecule has 1 aliphatic carbocycles. The Bertz CT molecular complexity index is 644. The van der Waals surface area contributed by atoms with Gasteiger partial charge in [-0.05, 0) is 56.7 Å². The summed E-state index contributed by atoms with van der Waals surface area (Å²) in [6.07, 6.45) is 4.79. The van der Waals surface area contributed by atoms with E-state index < -0.39 is 0 Å². The Hall–Kier alpha value is -1.17. The van der Waals surface area contributed by atoms with Crippen molar-refractivity contribution in [2.75, 3.05) is 26.2 Å². The smallest absolute Gasteiger partial charge is 0.251 e. The highest BCUT2D eigenvalue weighted by molar-refractivity contribution is 5.85. The number of amides is 1. The molecular formula is C20H28ClFN2O2. The average Bonchev–Trinajstić information content (AvgIpc) is 3.43. The van der Waals surface area contributed by atoms with E-state index in [1.54, 1.807) is 12.1 Å². The van der Waals surface area contributed by atoms with Crippen molar-refractivity contribution in [1.82, 2.24) is 9.80 Å². The lowest BCUT2D eigenvalue weighted by Gasteiger charge is -2.49. The van der Waals surface area contributed by atoms with Crippen LogP contribution in [0.15, 0.2) is 24.3 Å². The standard InChI is InChI=1S/C20H27FN2O2.ClH/c1-15-19(24)23(18-5-6-18)14-20(25-15)8-11-22(12-9-20)10-7-16-3-2-4-17(21)13-16;/h2-4,13,15,18H,5-12,14H2,1H3;1H/t15-;/m1./s1. The van der Waals surface area contributed by atoms with Crippen molar-refractivity contribution >= 4 is 18.3 Å². The van der Waals surface area contributed by atoms with Gasteiger partial charge in [0.25, 0.3) is 5.91 Å². The van der Waals surface area contributed by atoms with Crippen molar-refractivity contribution in [1.29, 1.82) is 0 Å². The number of nitrogens with zero attached hydrogens (tertiary/aromatic N) is 2. The van der Waals surface area contributed by atoms with Crippen LogP contribution in [0.3, 0.4) is 0 Å². The molecule has 0 aromatic heterocycles. The van der Waals surface area contributed by atoms with Crippen LogP contribution < -0.4 is 0 Å². The average molecular weight is 383 g/mol. The fourth-order valence-corrected chi connectivity index (χ4v) is 4.22. The van der Waals surface area contributed by atoms with Gasteiger partial charge >= 0.3 is 0 Å².